The van der Waals surface area contributed by atoms with Crippen LogP contribution >= 0.6 is 24.0 Å². The minimum Gasteiger partial charge on any atom is -0.444 e. The van der Waals surface area contributed by atoms with Gasteiger partial charge in [0.15, 0.2) is 5.96 Å². The van der Waals surface area contributed by atoms with Gasteiger partial charge in [-0.05, 0) is 47.4 Å². The summed E-state index contributed by atoms with van der Waals surface area (Å²) >= 11 is 0. The van der Waals surface area contributed by atoms with Crippen LogP contribution in [-0.2, 0) is 4.74 Å². The second-order valence-corrected chi connectivity index (χ2v) is 7.70. The topological polar surface area (TPSA) is 78.0 Å². The molecule has 28 heavy (non-hydrogen) atoms. The number of guanidine groups is 1. The van der Waals surface area contributed by atoms with Crippen LogP contribution in [0.2, 0.25) is 0 Å². The van der Waals surface area contributed by atoms with Crippen LogP contribution in [0, 0.1) is 6.92 Å². The number of nitrogens with zero attached hydrogens (tertiary/aromatic N) is 2. The Hall–Kier alpha value is -1.55. The predicted molar refractivity (Wildman–Crippen MR) is 127 cm³/mol. The van der Waals surface area contributed by atoms with Gasteiger partial charge in [-0.2, -0.15) is 0 Å². The number of likely N-dealkylation sites (N-methyl/N-ethyl adjacent to an activating group) is 1. The Balaban J connectivity index is 0.00000729. The van der Waals surface area contributed by atoms with Gasteiger partial charge in [0.1, 0.15) is 5.60 Å². The molecule has 0 spiro atoms. The van der Waals surface area contributed by atoms with Gasteiger partial charge in [-0.1, -0.05) is 29.8 Å². The minimum atomic E-state index is -0.494. The van der Waals surface area contributed by atoms with E-state index < -0.39 is 11.7 Å². The number of ether oxygens (including phenoxy) is 1. The zero-order chi connectivity index (χ0) is 20.4. The van der Waals surface area contributed by atoms with E-state index in [-0.39, 0.29) is 30.0 Å². The summed E-state index contributed by atoms with van der Waals surface area (Å²) in [6.07, 6.45) is -0.417. The third kappa shape index (κ3) is 10.7. The zero-order valence-electron chi connectivity index (χ0n) is 18.1. The average Bonchev–Trinajstić information content (AvgIpc) is 2.56. The molecule has 0 aliphatic carbocycles. The number of halogens is 1. The van der Waals surface area contributed by atoms with E-state index in [1.54, 1.807) is 7.05 Å². The summed E-state index contributed by atoms with van der Waals surface area (Å²) < 4.78 is 5.20. The van der Waals surface area contributed by atoms with E-state index in [2.05, 4.69) is 71.1 Å². The molecule has 0 aliphatic heterocycles. The molecule has 0 bridgehead atoms. The first-order valence-corrected chi connectivity index (χ1v) is 9.26. The van der Waals surface area contributed by atoms with Crippen LogP contribution in [0.25, 0.3) is 0 Å². The van der Waals surface area contributed by atoms with Crippen LogP contribution in [0.3, 0.4) is 0 Å². The lowest BCUT2D eigenvalue weighted by Crippen LogP contribution is -2.44. The maximum absolute atomic E-state index is 11.6. The predicted octanol–water partition coefficient (Wildman–Crippen LogP) is 2.91. The first kappa shape index (κ1) is 26.4. The molecular weight excluding hydrogens is 469 g/mol. The summed E-state index contributed by atoms with van der Waals surface area (Å²) in [5.74, 6) is 0.694. The van der Waals surface area contributed by atoms with Gasteiger partial charge in [0.25, 0.3) is 0 Å². The van der Waals surface area contributed by atoms with Crippen molar-refractivity contribution in [2.24, 2.45) is 4.99 Å². The molecule has 0 fully saturated rings. The third-order valence-corrected chi connectivity index (χ3v) is 3.86. The fourth-order valence-corrected chi connectivity index (χ4v) is 2.46. The van der Waals surface area contributed by atoms with E-state index in [1.165, 1.54) is 11.1 Å². The number of amides is 1. The van der Waals surface area contributed by atoms with Crippen LogP contribution in [0.15, 0.2) is 29.3 Å². The SMILES string of the molecule is CN=C(NCCNC(=O)OC(C)(C)C)NCC(c1ccc(C)cc1)N(C)C.I. The van der Waals surface area contributed by atoms with Crippen molar-refractivity contribution in [3.63, 3.8) is 0 Å². The van der Waals surface area contributed by atoms with E-state index in [1.807, 2.05) is 20.8 Å². The molecule has 0 radical (unpaired) electrons. The highest BCUT2D eigenvalue weighted by atomic mass is 127. The summed E-state index contributed by atoms with van der Waals surface area (Å²) in [5.41, 5.74) is 2.01. The van der Waals surface area contributed by atoms with Crippen molar-refractivity contribution in [3.05, 3.63) is 35.4 Å². The highest BCUT2D eigenvalue weighted by Gasteiger charge is 2.16. The minimum absolute atomic E-state index is 0. The molecule has 1 aromatic rings. The highest BCUT2D eigenvalue weighted by molar-refractivity contribution is 14.0. The van der Waals surface area contributed by atoms with Gasteiger partial charge in [0.2, 0.25) is 0 Å². The molecule has 0 saturated heterocycles. The molecule has 7 nitrogen and oxygen atoms in total. The van der Waals surface area contributed by atoms with E-state index in [9.17, 15) is 4.79 Å². The van der Waals surface area contributed by atoms with Crippen molar-refractivity contribution in [1.29, 1.82) is 0 Å². The molecule has 1 amide bonds. The summed E-state index contributed by atoms with van der Waals surface area (Å²) in [6.45, 7) is 9.32. The lowest BCUT2D eigenvalue weighted by Gasteiger charge is -2.26. The van der Waals surface area contributed by atoms with Crippen LogP contribution in [0.4, 0.5) is 4.79 Å². The molecule has 0 heterocycles. The number of hydrogen-bond acceptors (Lipinski definition) is 4. The molecule has 1 unspecified atom stereocenters. The molecule has 1 rings (SSSR count). The monoisotopic (exact) mass is 505 g/mol. The van der Waals surface area contributed by atoms with E-state index in [0.717, 1.165) is 6.54 Å². The van der Waals surface area contributed by atoms with Gasteiger partial charge in [0.05, 0.1) is 6.04 Å². The van der Waals surface area contributed by atoms with Gasteiger partial charge >= 0.3 is 6.09 Å². The number of rotatable bonds is 7. The van der Waals surface area contributed by atoms with Gasteiger partial charge in [-0.3, -0.25) is 4.99 Å². The number of carbonyl (C=O) groups excluding carboxylic acids is 1. The Kier molecular flexibility index (Phi) is 12.1. The van der Waals surface area contributed by atoms with Crippen LogP contribution < -0.4 is 16.0 Å². The van der Waals surface area contributed by atoms with Crippen LogP contribution in [-0.4, -0.2) is 63.3 Å². The molecule has 0 saturated carbocycles. The third-order valence-electron chi connectivity index (χ3n) is 3.86. The van der Waals surface area contributed by atoms with Gasteiger partial charge < -0.3 is 25.6 Å². The number of carbonyl (C=O) groups is 1. The summed E-state index contributed by atoms with van der Waals surface area (Å²) in [5, 5.41) is 9.25. The summed E-state index contributed by atoms with van der Waals surface area (Å²) in [6, 6.07) is 8.79. The van der Waals surface area contributed by atoms with Crippen molar-refractivity contribution >= 4 is 36.0 Å². The van der Waals surface area contributed by atoms with Crippen LogP contribution in [0.1, 0.15) is 37.9 Å². The van der Waals surface area contributed by atoms with Crippen LogP contribution in [0.5, 0.6) is 0 Å². The van der Waals surface area contributed by atoms with Crippen molar-refractivity contribution < 1.29 is 9.53 Å². The molecule has 0 aromatic heterocycles. The summed E-state index contributed by atoms with van der Waals surface area (Å²) in [7, 11) is 5.85. The number of aliphatic imine (C=N–C) groups is 1. The molecule has 0 aliphatic rings. The first-order valence-electron chi connectivity index (χ1n) is 9.26. The quantitative estimate of drug-likeness (QED) is 0.230. The van der Waals surface area contributed by atoms with Crippen molar-refractivity contribution in [3.8, 4) is 0 Å². The Labute approximate surface area is 186 Å². The molecular formula is C20H36IN5O2. The molecule has 1 aromatic carbocycles. The lowest BCUT2D eigenvalue weighted by atomic mass is 10.0. The number of aryl methyl sites for hydroxylation is 1. The first-order chi connectivity index (χ1) is 12.6. The molecule has 160 valence electrons. The second kappa shape index (κ2) is 12.8. The Morgan fingerprint density at radius 1 is 1.11 bits per heavy atom. The average molecular weight is 505 g/mol. The Morgan fingerprint density at radius 3 is 2.18 bits per heavy atom. The highest BCUT2D eigenvalue weighted by Crippen LogP contribution is 2.17. The molecule has 3 N–H and O–H groups in total. The Morgan fingerprint density at radius 2 is 1.68 bits per heavy atom. The summed E-state index contributed by atoms with van der Waals surface area (Å²) in [4.78, 5) is 18.0. The van der Waals surface area contributed by atoms with Gasteiger partial charge in [0, 0.05) is 26.7 Å². The molecule has 8 heteroatoms. The number of alkyl carbamates (subject to hydrolysis) is 1. The standard InChI is InChI=1S/C20H35N5O2.HI/c1-15-8-10-16(11-9-15)17(25(6)7)14-24-18(21-5)22-12-13-23-19(26)27-20(2,3)4;/h8-11,17H,12-14H2,1-7H3,(H,23,26)(H2,21,22,24);1H. The lowest BCUT2D eigenvalue weighted by molar-refractivity contribution is 0.0529. The number of benzene rings is 1. The van der Waals surface area contributed by atoms with E-state index >= 15 is 0 Å². The smallest absolute Gasteiger partial charge is 0.407 e. The van der Waals surface area contributed by atoms with Crippen molar-refractivity contribution in [2.75, 3.05) is 40.8 Å². The van der Waals surface area contributed by atoms with E-state index in [4.69, 9.17) is 4.74 Å². The van der Waals surface area contributed by atoms with E-state index in [0.29, 0.717) is 19.0 Å². The normalized spacial score (nSPS) is 12.8. The number of nitrogens with one attached hydrogen (secondary N) is 3. The maximum Gasteiger partial charge on any atom is 0.407 e. The largest absolute Gasteiger partial charge is 0.444 e. The Bertz CT molecular complexity index is 612. The van der Waals surface area contributed by atoms with Crippen molar-refractivity contribution in [2.45, 2.75) is 39.3 Å². The fourth-order valence-electron chi connectivity index (χ4n) is 2.46. The molecule has 1 atom stereocenters. The number of hydrogen-bond donors (Lipinski definition) is 3. The van der Waals surface area contributed by atoms with Gasteiger partial charge in [-0.15, -0.1) is 24.0 Å². The van der Waals surface area contributed by atoms with Crippen molar-refractivity contribution in [1.82, 2.24) is 20.9 Å². The maximum atomic E-state index is 11.6. The zero-order valence-corrected chi connectivity index (χ0v) is 20.5. The second-order valence-electron chi connectivity index (χ2n) is 7.70. The fraction of sp³-hybridized carbons (Fsp3) is 0.600. The van der Waals surface area contributed by atoms with Gasteiger partial charge in [-0.25, -0.2) is 4.79 Å².